The van der Waals surface area contributed by atoms with Crippen molar-refractivity contribution in [3.05, 3.63) is 72.6 Å². The van der Waals surface area contributed by atoms with Crippen LogP contribution >= 0.6 is 23.1 Å². The van der Waals surface area contributed by atoms with Crippen molar-refractivity contribution in [2.24, 2.45) is 0 Å². The van der Waals surface area contributed by atoms with Crippen molar-refractivity contribution < 1.29 is 14.3 Å². The summed E-state index contributed by atoms with van der Waals surface area (Å²) in [7, 11) is 3.29. The number of ether oxygens (including phenoxy) is 2. The van der Waals surface area contributed by atoms with E-state index in [4.69, 9.17) is 14.5 Å². The molecule has 2 aromatic heterocycles. The minimum atomic E-state index is 0.0483. The number of carbonyl (C=O) groups is 1. The van der Waals surface area contributed by atoms with Crippen LogP contribution < -0.4 is 14.4 Å². The highest BCUT2D eigenvalue weighted by molar-refractivity contribution is 7.99. The summed E-state index contributed by atoms with van der Waals surface area (Å²) in [6, 6.07) is 17.6. The number of nitrogens with zero attached hydrogens (tertiary/aromatic N) is 3. The fourth-order valence-electron chi connectivity index (χ4n) is 3.35. The van der Waals surface area contributed by atoms with Crippen LogP contribution in [0.2, 0.25) is 0 Å². The van der Waals surface area contributed by atoms with Crippen molar-refractivity contribution in [1.29, 1.82) is 0 Å². The lowest BCUT2D eigenvalue weighted by Gasteiger charge is -2.20. The number of hydrogen-bond acceptors (Lipinski definition) is 7. The Hall–Kier alpha value is -3.10. The first-order valence-corrected chi connectivity index (χ1v) is 12.4. The van der Waals surface area contributed by atoms with Crippen LogP contribution in [0.1, 0.15) is 18.4 Å². The topological polar surface area (TPSA) is 64.5 Å². The molecule has 0 aliphatic rings. The van der Waals surface area contributed by atoms with Crippen LogP contribution in [0, 0.1) is 0 Å². The number of hydrogen-bond donors (Lipinski definition) is 0. The SMILES string of the molecule is COc1ccc(SCCCC(=O)N(Cc2cccnc2)c2nc3c(OC)cccc3s2)cc1. The molecule has 0 atom stereocenters. The molecule has 2 aromatic carbocycles. The van der Waals surface area contributed by atoms with Gasteiger partial charge in [0.25, 0.3) is 0 Å². The van der Waals surface area contributed by atoms with Gasteiger partial charge in [-0.3, -0.25) is 14.7 Å². The molecule has 0 radical (unpaired) electrons. The Morgan fingerprint density at radius 1 is 1.06 bits per heavy atom. The lowest BCUT2D eigenvalue weighted by atomic mass is 10.2. The summed E-state index contributed by atoms with van der Waals surface area (Å²) in [6.07, 6.45) is 4.73. The number of fused-ring (bicyclic) bond motifs is 1. The zero-order chi connectivity index (χ0) is 23.0. The molecular weight excluding hydrogens is 454 g/mol. The number of thiazole rings is 1. The average Bonchev–Trinajstić information content (AvgIpc) is 3.30. The number of pyridine rings is 1. The van der Waals surface area contributed by atoms with Gasteiger partial charge in [-0.25, -0.2) is 4.98 Å². The monoisotopic (exact) mass is 479 g/mol. The minimum absolute atomic E-state index is 0.0483. The van der Waals surface area contributed by atoms with Crippen LogP contribution in [-0.4, -0.2) is 35.8 Å². The third-order valence-electron chi connectivity index (χ3n) is 5.05. The van der Waals surface area contributed by atoms with Gasteiger partial charge in [0.05, 0.1) is 25.5 Å². The number of para-hydroxylation sites is 1. The molecule has 0 fully saturated rings. The third kappa shape index (κ3) is 5.83. The maximum absolute atomic E-state index is 13.3. The van der Waals surface area contributed by atoms with E-state index in [1.165, 1.54) is 11.3 Å². The van der Waals surface area contributed by atoms with E-state index in [1.807, 2.05) is 54.6 Å². The largest absolute Gasteiger partial charge is 0.497 e. The van der Waals surface area contributed by atoms with Crippen LogP contribution in [0.15, 0.2) is 71.9 Å². The van der Waals surface area contributed by atoms with E-state index in [-0.39, 0.29) is 5.91 Å². The predicted octanol–water partition coefficient (Wildman–Crippen LogP) is 5.81. The number of anilines is 1. The summed E-state index contributed by atoms with van der Waals surface area (Å²) < 4.78 is 11.6. The minimum Gasteiger partial charge on any atom is -0.497 e. The van der Waals surface area contributed by atoms with E-state index < -0.39 is 0 Å². The summed E-state index contributed by atoms with van der Waals surface area (Å²) in [4.78, 5) is 25.2. The van der Waals surface area contributed by atoms with Crippen molar-refractivity contribution in [3.8, 4) is 11.5 Å². The second-order valence-corrected chi connectivity index (χ2v) is 9.45. The molecule has 4 aromatic rings. The molecule has 4 rings (SSSR count). The maximum Gasteiger partial charge on any atom is 0.229 e. The van der Waals surface area contributed by atoms with Gasteiger partial charge in [-0.15, -0.1) is 11.8 Å². The molecule has 33 heavy (non-hydrogen) atoms. The summed E-state index contributed by atoms with van der Waals surface area (Å²) in [6.45, 7) is 0.431. The van der Waals surface area contributed by atoms with Crippen molar-refractivity contribution in [2.75, 3.05) is 24.9 Å². The standard InChI is InChI=1S/C25H25N3O3S2/c1-30-19-10-12-20(13-11-19)32-15-5-9-23(29)28(17-18-6-4-14-26-16-18)25-27-24-21(31-2)7-3-8-22(24)33-25/h3-4,6-8,10-14,16H,5,9,15,17H2,1-2H3. The highest BCUT2D eigenvalue weighted by atomic mass is 32.2. The molecule has 0 saturated heterocycles. The number of benzene rings is 2. The number of thioether (sulfide) groups is 1. The van der Waals surface area contributed by atoms with Gasteiger partial charge in [-0.05, 0) is 60.2 Å². The second-order valence-electron chi connectivity index (χ2n) is 7.27. The Bertz CT molecular complexity index is 1200. The van der Waals surface area contributed by atoms with E-state index in [0.29, 0.717) is 23.8 Å². The number of carbonyl (C=O) groups excluding carboxylic acids is 1. The van der Waals surface area contributed by atoms with Gasteiger partial charge in [0.1, 0.15) is 17.0 Å². The zero-order valence-corrected chi connectivity index (χ0v) is 20.2. The first-order valence-electron chi connectivity index (χ1n) is 10.6. The Labute approximate surface area is 201 Å². The highest BCUT2D eigenvalue weighted by Crippen LogP contribution is 2.35. The molecular formula is C25H25N3O3S2. The van der Waals surface area contributed by atoms with Crippen molar-refractivity contribution in [3.63, 3.8) is 0 Å². The maximum atomic E-state index is 13.3. The van der Waals surface area contributed by atoms with E-state index in [1.54, 1.807) is 43.3 Å². The number of amides is 1. The van der Waals surface area contributed by atoms with Crippen molar-refractivity contribution in [1.82, 2.24) is 9.97 Å². The zero-order valence-electron chi connectivity index (χ0n) is 18.6. The van der Waals surface area contributed by atoms with Gasteiger partial charge in [0.15, 0.2) is 5.13 Å². The molecule has 170 valence electrons. The Kier molecular flexibility index (Phi) is 7.80. The summed E-state index contributed by atoms with van der Waals surface area (Å²) >= 11 is 3.23. The van der Waals surface area contributed by atoms with Crippen molar-refractivity contribution in [2.45, 2.75) is 24.3 Å². The second kappa shape index (κ2) is 11.2. The van der Waals surface area contributed by atoms with E-state index >= 15 is 0 Å². The lowest BCUT2D eigenvalue weighted by molar-refractivity contribution is -0.118. The molecule has 2 heterocycles. The quantitative estimate of drug-likeness (QED) is 0.211. The molecule has 0 aliphatic heterocycles. The van der Waals surface area contributed by atoms with Gasteiger partial charge in [0, 0.05) is 23.7 Å². The Morgan fingerprint density at radius 3 is 2.64 bits per heavy atom. The third-order valence-corrected chi connectivity index (χ3v) is 7.19. The van der Waals surface area contributed by atoms with Gasteiger partial charge in [-0.2, -0.15) is 0 Å². The van der Waals surface area contributed by atoms with Gasteiger partial charge >= 0.3 is 0 Å². The highest BCUT2D eigenvalue weighted by Gasteiger charge is 2.21. The molecule has 0 unspecified atom stereocenters. The van der Waals surface area contributed by atoms with Crippen LogP contribution in [0.3, 0.4) is 0 Å². The number of methoxy groups -OCH3 is 2. The van der Waals surface area contributed by atoms with Crippen molar-refractivity contribution >= 4 is 44.4 Å². The van der Waals surface area contributed by atoms with E-state index in [0.717, 1.165) is 38.6 Å². The normalized spacial score (nSPS) is 10.8. The van der Waals surface area contributed by atoms with Crippen LogP contribution in [-0.2, 0) is 11.3 Å². The van der Waals surface area contributed by atoms with Crippen LogP contribution in [0.25, 0.3) is 10.2 Å². The molecule has 0 N–H and O–H groups in total. The van der Waals surface area contributed by atoms with Gasteiger partial charge in [0.2, 0.25) is 5.91 Å². The molecule has 0 spiro atoms. The van der Waals surface area contributed by atoms with E-state index in [2.05, 4.69) is 4.98 Å². The van der Waals surface area contributed by atoms with Gasteiger partial charge in [-0.1, -0.05) is 23.5 Å². The molecule has 8 heteroatoms. The smallest absolute Gasteiger partial charge is 0.229 e. The summed E-state index contributed by atoms with van der Waals surface area (Å²) in [5, 5.41) is 0.672. The Balaban J connectivity index is 1.46. The average molecular weight is 480 g/mol. The lowest BCUT2D eigenvalue weighted by Crippen LogP contribution is -2.30. The molecule has 0 aliphatic carbocycles. The summed E-state index contributed by atoms with van der Waals surface area (Å²) in [5.41, 5.74) is 1.74. The van der Waals surface area contributed by atoms with Gasteiger partial charge < -0.3 is 9.47 Å². The molecule has 6 nitrogen and oxygen atoms in total. The first-order chi connectivity index (χ1) is 16.2. The Morgan fingerprint density at radius 2 is 1.91 bits per heavy atom. The fraction of sp³-hybridized carbons (Fsp3) is 0.240. The molecule has 0 saturated carbocycles. The first kappa shape index (κ1) is 23.1. The van der Waals surface area contributed by atoms with Crippen LogP contribution in [0.5, 0.6) is 11.5 Å². The number of rotatable bonds is 10. The molecule has 1 amide bonds. The van der Waals surface area contributed by atoms with Crippen LogP contribution in [0.4, 0.5) is 5.13 Å². The predicted molar refractivity (Wildman–Crippen MR) is 135 cm³/mol. The number of aromatic nitrogens is 2. The summed E-state index contributed by atoms with van der Waals surface area (Å²) in [5.74, 6) is 2.45. The van der Waals surface area contributed by atoms with E-state index in [9.17, 15) is 4.79 Å². The fourth-order valence-corrected chi connectivity index (χ4v) is 5.20. The molecule has 0 bridgehead atoms.